The number of amides is 2. The number of ether oxygens (including phenoxy) is 6. The van der Waals surface area contributed by atoms with E-state index >= 15 is 0 Å². The first-order valence-corrected chi connectivity index (χ1v) is 14.4. The van der Waals surface area contributed by atoms with Crippen molar-refractivity contribution in [3.05, 3.63) is 47.5 Å². The first-order valence-electron chi connectivity index (χ1n) is 14.4. The highest BCUT2D eigenvalue weighted by Crippen LogP contribution is 2.30. The Hall–Kier alpha value is -5.80. The lowest BCUT2D eigenvalue weighted by atomic mass is 10.0. The molecule has 2 N–H and O–H groups in total. The van der Waals surface area contributed by atoms with Crippen LogP contribution < -0.4 is 29.6 Å². The predicted octanol–water partition coefficient (Wildman–Crippen LogP) is 1.27. The van der Waals surface area contributed by atoms with Gasteiger partial charge in [0, 0.05) is 53.4 Å². The first-order chi connectivity index (χ1) is 22.6. The maximum atomic E-state index is 12.8. The summed E-state index contributed by atoms with van der Waals surface area (Å²) in [7, 11) is 2.24. The van der Waals surface area contributed by atoms with E-state index < -0.39 is 59.7 Å². The van der Waals surface area contributed by atoms with E-state index in [0.717, 1.165) is 28.1 Å². The van der Waals surface area contributed by atoms with E-state index in [4.69, 9.17) is 28.4 Å². The average molecular weight is 673 g/mol. The normalized spacial score (nSPS) is 11.5. The van der Waals surface area contributed by atoms with Crippen LogP contribution in [0, 0.1) is 0 Å². The summed E-state index contributed by atoms with van der Waals surface area (Å²) in [6, 6.07) is 6.01. The number of carbonyl (C=O) groups is 8. The molecule has 0 aliphatic rings. The number of hydrogen-bond acceptors (Lipinski definition) is 14. The van der Waals surface area contributed by atoms with Gasteiger partial charge in [-0.15, -0.1) is 0 Å². The second kappa shape index (κ2) is 18.4. The lowest BCUT2D eigenvalue weighted by Gasteiger charge is -2.19. The fourth-order valence-electron chi connectivity index (χ4n) is 4.21. The molecule has 16 nitrogen and oxygen atoms in total. The number of methoxy groups -OCH3 is 2. The molecule has 0 saturated carbocycles. The van der Waals surface area contributed by atoms with Crippen molar-refractivity contribution >= 4 is 47.6 Å². The van der Waals surface area contributed by atoms with E-state index in [2.05, 4.69) is 10.6 Å². The molecule has 0 radical (unpaired) electrons. The highest BCUT2D eigenvalue weighted by Gasteiger charge is 2.26. The minimum atomic E-state index is -1.21. The van der Waals surface area contributed by atoms with Crippen LogP contribution in [-0.4, -0.2) is 73.9 Å². The zero-order valence-corrected chi connectivity index (χ0v) is 27.2. The molecule has 2 aromatic carbocycles. The maximum Gasteiger partial charge on any atom is 0.328 e. The number of rotatable bonds is 15. The van der Waals surface area contributed by atoms with Gasteiger partial charge in [-0.2, -0.15) is 0 Å². The minimum Gasteiger partial charge on any atom is -0.467 e. The third-order valence-corrected chi connectivity index (χ3v) is 6.13. The number of esters is 6. The zero-order chi connectivity index (χ0) is 36.0. The molecule has 2 rings (SSSR count). The summed E-state index contributed by atoms with van der Waals surface area (Å²) >= 11 is 0. The van der Waals surface area contributed by atoms with E-state index in [-0.39, 0.29) is 48.7 Å². The van der Waals surface area contributed by atoms with Crippen LogP contribution in [-0.2, 0) is 60.7 Å². The average Bonchev–Trinajstić information content (AvgIpc) is 3.00. The van der Waals surface area contributed by atoms with Crippen LogP contribution in [0.1, 0.15) is 51.7 Å². The Bertz CT molecular complexity index is 1450. The fourth-order valence-corrected chi connectivity index (χ4v) is 4.21. The van der Waals surface area contributed by atoms with Crippen LogP contribution in [0.2, 0.25) is 0 Å². The topological polar surface area (TPSA) is 216 Å². The van der Waals surface area contributed by atoms with E-state index in [1.54, 1.807) is 0 Å². The van der Waals surface area contributed by atoms with Crippen molar-refractivity contribution in [3.8, 4) is 23.0 Å². The van der Waals surface area contributed by atoms with Gasteiger partial charge in [-0.1, -0.05) is 12.1 Å². The fraction of sp³-hybridized carbons (Fsp3) is 0.375. The highest BCUT2D eigenvalue weighted by molar-refractivity contribution is 5.89. The third kappa shape index (κ3) is 12.9. The molecule has 2 atom stereocenters. The molecule has 0 bridgehead atoms. The summed E-state index contributed by atoms with van der Waals surface area (Å²) in [6.07, 6.45) is -1.000. The van der Waals surface area contributed by atoms with Crippen molar-refractivity contribution in [3.63, 3.8) is 0 Å². The lowest BCUT2D eigenvalue weighted by molar-refractivity contribution is -0.146. The van der Waals surface area contributed by atoms with Gasteiger partial charge in [-0.05, 0) is 35.4 Å². The van der Waals surface area contributed by atoms with Crippen molar-refractivity contribution in [1.82, 2.24) is 10.6 Å². The summed E-state index contributed by atoms with van der Waals surface area (Å²) in [5, 5.41) is 4.98. The van der Waals surface area contributed by atoms with Crippen LogP contribution in [0.5, 0.6) is 23.0 Å². The molecule has 258 valence electrons. The SMILES string of the molecule is COC(=O)[C@H](Cc1ccc(OC(C)=O)c(OC(C)=O)c1)NC(=O)CCC(=O)N[C@@H](Cc1ccc(OC(C)=O)c(OC(C)=O)c1)C(=O)OC. The third-order valence-electron chi connectivity index (χ3n) is 6.13. The Morgan fingerprint density at radius 3 is 1.12 bits per heavy atom. The largest absolute Gasteiger partial charge is 0.467 e. The Kier molecular flexibility index (Phi) is 14.7. The monoisotopic (exact) mass is 672 g/mol. The van der Waals surface area contributed by atoms with Gasteiger partial charge in [0.05, 0.1) is 14.2 Å². The number of nitrogens with one attached hydrogen (secondary N) is 2. The molecule has 16 heteroatoms. The van der Waals surface area contributed by atoms with E-state index in [1.165, 1.54) is 50.2 Å². The molecule has 2 amide bonds. The standard InChI is InChI=1S/C32H36N2O14/c1-17(35)45-25-9-7-21(15-27(25)47-19(3)37)13-23(31(41)43-5)33-29(39)11-12-30(40)34-24(32(42)44-6)14-22-8-10-26(46-18(2)36)28(16-22)48-20(4)38/h7-10,15-16,23-24H,11-14H2,1-6H3,(H,33,39)(H,34,40)/t23-,24-/m0/s1. The van der Waals surface area contributed by atoms with Gasteiger partial charge in [-0.3, -0.25) is 28.8 Å². The summed E-state index contributed by atoms with van der Waals surface area (Å²) in [6.45, 7) is 4.63. The van der Waals surface area contributed by atoms with Crippen molar-refractivity contribution < 1.29 is 66.8 Å². The van der Waals surface area contributed by atoms with Crippen LogP contribution in [0.15, 0.2) is 36.4 Å². The molecule has 0 aliphatic carbocycles. The molecule has 2 aromatic rings. The number of carbonyl (C=O) groups excluding carboxylic acids is 8. The molecule has 0 aliphatic heterocycles. The van der Waals surface area contributed by atoms with Gasteiger partial charge in [0.2, 0.25) is 11.8 Å². The predicted molar refractivity (Wildman–Crippen MR) is 163 cm³/mol. The summed E-state index contributed by atoms with van der Waals surface area (Å²) in [4.78, 5) is 96.3. The molecule has 0 heterocycles. The van der Waals surface area contributed by atoms with Crippen LogP contribution >= 0.6 is 0 Å². The summed E-state index contributed by atoms with van der Waals surface area (Å²) in [5.41, 5.74) is 0.823. The van der Waals surface area contributed by atoms with Crippen LogP contribution in [0.3, 0.4) is 0 Å². The van der Waals surface area contributed by atoms with E-state index in [1.807, 2.05) is 0 Å². The molecular weight excluding hydrogens is 636 g/mol. The van der Waals surface area contributed by atoms with Gasteiger partial charge in [0.1, 0.15) is 12.1 Å². The Labute approximate surface area is 275 Å². The van der Waals surface area contributed by atoms with Crippen molar-refractivity contribution in [1.29, 1.82) is 0 Å². The van der Waals surface area contributed by atoms with Gasteiger partial charge >= 0.3 is 35.8 Å². The molecule has 0 saturated heterocycles. The quantitative estimate of drug-likeness (QED) is 0.201. The number of benzene rings is 2. The molecule has 48 heavy (non-hydrogen) atoms. The van der Waals surface area contributed by atoms with E-state index in [0.29, 0.717) is 11.1 Å². The summed E-state index contributed by atoms with van der Waals surface area (Å²) in [5.74, 6) is -5.88. The smallest absolute Gasteiger partial charge is 0.328 e. The molecule has 0 spiro atoms. The first kappa shape index (κ1) is 38.4. The Morgan fingerprint density at radius 2 is 0.833 bits per heavy atom. The van der Waals surface area contributed by atoms with E-state index in [9.17, 15) is 38.4 Å². The zero-order valence-electron chi connectivity index (χ0n) is 27.2. The van der Waals surface area contributed by atoms with Gasteiger partial charge in [0.15, 0.2) is 23.0 Å². The second-order valence-corrected chi connectivity index (χ2v) is 10.1. The highest BCUT2D eigenvalue weighted by atomic mass is 16.6. The Morgan fingerprint density at radius 1 is 0.521 bits per heavy atom. The van der Waals surface area contributed by atoms with Crippen molar-refractivity contribution in [2.75, 3.05) is 14.2 Å². The van der Waals surface area contributed by atoms with Crippen LogP contribution in [0.25, 0.3) is 0 Å². The molecule has 0 fully saturated rings. The van der Waals surface area contributed by atoms with Gasteiger partial charge in [-0.25, -0.2) is 9.59 Å². The van der Waals surface area contributed by atoms with Crippen molar-refractivity contribution in [2.24, 2.45) is 0 Å². The molecule has 0 aromatic heterocycles. The minimum absolute atomic E-state index is 0.0276. The summed E-state index contributed by atoms with van der Waals surface area (Å²) < 4.78 is 29.9. The lowest BCUT2D eigenvalue weighted by Crippen LogP contribution is -2.45. The maximum absolute atomic E-state index is 12.8. The van der Waals surface area contributed by atoms with Crippen LogP contribution in [0.4, 0.5) is 0 Å². The molecular formula is C32H36N2O14. The molecule has 0 unspecified atom stereocenters. The van der Waals surface area contributed by atoms with Gasteiger partial charge < -0.3 is 39.1 Å². The van der Waals surface area contributed by atoms with Gasteiger partial charge in [0.25, 0.3) is 0 Å². The number of hydrogen-bond donors (Lipinski definition) is 2. The van der Waals surface area contributed by atoms with Crippen molar-refractivity contribution in [2.45, 2.75) is 65.5 Å². The Balaban J connectivity index is 2.11. The second-order valence-electron chi connectivity index (χ2n) is 10.1.